The summed E-state index contributed by atoms with van der Waals surface area (Å²) in [5, 5.41) is 0. The first kappa shape index (κ1) is 28.0. The van der Waals surface area contributed by atoms with Crippen LogP contribution in [0.5, 0.6) is 0 Å². The van der Waals surface area contributed by atoms with Crippen LogP contribution in [0.15, 0.2) is 0 Å². The molecule has 1 aliphatic heterocycles. The number of rotatable bonds is 0. The molecule has 0 N–H and O–H groups in total. The van der Waals surface area contributed by atoms with E-state index in [1.807, 2.05) is 32.1 Å². The second-order valence-corrected chi connectivity index (χ2v) is 66.8. The molecule has 121 valence electrons. The Hall–Kier alpha value is 3.83. The average molecular weight is 687 g/mol. The van der Waals surface area contributed by atoms with Gasteiger partial charge in [-0.25, -0.2) is 0 Å². The summed E-state index contributed by atoms with van der Waals surface area (Å²) in [7, 11) is 0. The summed E-state index contributed by atoms with van der Waals surface area (Å²) in [5.74, 6) is 7.34. The Bertz CT molecular complexity index is 180. The van der Waals surface area contributed by atoms with Crippen LogP contribution in [0.2, 0.25) is 0 Å². The fourth-order valence-corrected chi connectivity index (χ4v) is 341. The molecular weight excluding hydrogens is 666 g/mol. The van der Waals surface area contributed by atoms with Crippen molar-refractivity contribution in [3.8, 4) is 0 Å². The van der Waals surface area contributed by atoms with Gasteiger partial charge in [0.2, 0.25) is 0 Å². The van der Waals surface area contributed by atoms with Gasteiger partial charge in [-0.3, -0.25) is 0 Å². The monoisotopic (exact) mass is 687 g/mol. The summed E-state index contributed by atoms with van der Waals surface area (Å²) in [6.45, 7) is 11.0. The van der Waals surface area contributed by atoms with Crippen molar-refractivity contribution in [1.29, 1.82) is 0 Å². The molecule has 22 heavy (non-hydrogen) atoms. The van der Waals surface area contributed by atoms with Gasteiger partial charge in [0.25, 0.3) is 0 Å². The van der Waals surface area contributed by atoms with E-state index in [4.69, 9.17) is 0 Å². The number of hydrogen-bond acceptors (Lipinski definition) is 0. The first-order valence-corrected chi connectivity index (χ1v) is 32.4. The molecule has 1 saturated heterocycles. The van der Waals surface area contributed by atoms with Gasteiger partial charge >= 0.3 is 58.1 Å². The van der Waals surface area contributed by atoms with Crippen molar-refractivity contribution in [3.63, 3.8) is 0 Å². The van der Waals surface area contributed by atoms with Crippen molar-refractivity contribution < 1.29 is 34.1 Å². The maximum atomic E-state index is 2.20. The summed E-state index contributed by atoms with van der Waals surface area (Å²) in [5.41, 5.74) is 0. The number of hydrogen-bond donors (Lipinski definition) is 0. The van der Waals surface area contributed by atoms with Crippen LogP contribution in [-0.4, -0.2) is 58.1 Å². The summed E-state index contributed by atoms with van der Waals surface area (Å²) < 4.78 is 0. The van der Waals surface area contributed by atoms with Gasteiger partial charge < -0.3 is 0 Å². The molecule has 3 aliphatic rings. The van der Waals surface area contributed by atoms with Gasteiger partial charge in [-0.1, -0.05) is 34.6 Å². The maximum absolute atomic E-state index is 2.20. The third-order valence-electron chi connectivity index (χ3n) is 3.57. The molecule has 0 aromatic rings. The molecule has 7 heteroatoms. The van der Waals surface area contributed by atoms with Crippen LogP contribution in [0.3, 0.4) is 0 Å². The topological polar surface area (TPSA) is 0 Å². The van der Waals surface area contributed by atoms with E-state index < -0.39 is 0 Å². The summed E-state index contributed by atoms with van der Waals surface area (Å²) in [6.07, 6.45) is 10.0. The Balaban J connectivity index is 0. The smallest absolute Gasteiger partial charge is 0 e. The van der Waals surface area contributed by atoms with Crippen molar-refractivity contribution in [2.45, 2.75) is 34.6 Å². The first-order valence-electron chi connectivity index (χ1n) is 6.42. The maximum Gasteiger partial charge on any atom is 0 e. The zero-order chi connectivity index (χ0) is 15.0. The van der Waals surface area contributed by atoms with Gasteiger partial charge in [0.05, 0.1) is 0 Å². The van der Waals surface area contributed by atoms with Gasteiger partial charge in [-0.15, -0.1) is 0 Å². The van der Waals surface area contributed by atoms with E-state index >= 15 is 0 Å². The molecule has 1 heterocycles. The Labute approximate surface area is 186 Å². The van der Waals surface area contributed by atoms with E-state index in [2.05, 4.69) is 34.6 Å². The fraction of sp³-hybridized carbons (Fsp3) is 0.333. The van der Waals surface area contributed by atoms with Crippen LogP contribution >= 0.6 is 0 Å². The van der Waals surface area contributed by atoms with E-state index in [-0.39, 0.29) is 34.1 Å². The molecule has 0 spiro atoms. The van der Waals surface area contributed by atoms with Crippen LogP contribution in [-0.2, 0) is 34.1 Å². The van der Waals surface area contributed by atoms with Crippen LogP contribution < -0.4 is 0 Å². The van der Waals surface area contributed by atoms with Crippen LogP contribution in [0, 0.1) is 61.7 Å². The van der Waals surface area contributed by atoms with Crippen molar-refractivity contribution in [3.05, 3.63) is 61.7 Å². The van der Waals surface area contributed by atoms with E-state index in [0.29, 0.717) is 0 Å². The van der Waals surface area contributed by atoms with E-state index in [1.54, 1.807) is 0 Å². The fourth-order valence-electron chi connectivity index (χ4n) is 1.82. The SMILES string of the molecule is C[C]1[C](C)[C](C)[C](C)[C]1C.[As]1[As][As][As][As]1.[CH]1[CH][CH][CH][CH]1.[Fe].[Fe]. The second-order valence-electron chi connectivity index (χ2n) is 4.53. The van der Waals surface area contributed by atoms with E-state index in [0.717, 1.165) is 58.1 Å². The molecule has 0 aromatic carbocycles. The van der Waals surface area contributed by atoms with Crippen LogP contribution in [0.1, 0.15) is 34.6 Å². The predicted molar refractivity (Wildman–Crippen MR) is 94.9 cm³/mol. The zero-order valence-electron chi connectivity index (χ0n) is 13.3. The molecule has 3 rings (SSSR count). The molecule has 0 aromatic heterocycles. The Kier molecular flexibility index (Phi) is 21.6. The molecule has 0 atom stereocenters. The zero-order valence-corrected chi connectivity index (χ0v) is 24.9. The molecule has 0 nitrogen and oxygen atoms in total. The van der Waals surface area contributed by atoms with Crippen LogP contribution in [0.25, 0.3) is 0 Å². The quantitative estimate of drug-likeness (QED) is 0.343. The molecular formula is C15H20As5Fe2. The predicted octanol–water partition coefficient (Wildman–Crippen LogP) is 2.08. The van der Waals surface area contributed by atoms with Gasteiger partial charge in [-0.05, 0) is 61.7 Å². The van der Waals surface area contributed by atoms with Gasteiger partial charge in [0.1, 0.15) is 0 Å². The Morgan fingerprint density at radius 2 is 0.545 bits per heavy atom. The van der Waals surface area contributed by atoms with Gasteiger partial charge in [-0.2, -0.15) is 0 Å². The van der Waals surface area contributed by atoms with Crippen molar-refractivity contribution in [2.75, 3.05) is 0 Å². The van der Waals surface area contributed by atoms with Gasteiger partial charge in [0, 0.05) is 34.1 Å². The van der Waals surface area contributed by atoms with Crippen molar-refractivity contribution in [2.24, 2.45) is 0 Å². The van der Waals surface area contributed by atoms with E-state index in [9.17, 15) is 0 Å². The van der Waals surface area contributed by atoms with Crippen LogP contribution in [0.4, 0.5) is 0 Å². The van der Waals surface area contributed by atoms with Crippen molar-refractivity contribution >= 4 is 58.1 Å². The first-order chi connectivity index (χ1) is 9.55. The van der Waals surface area contributed by atoms with E-state index in [1.165, 1.54) is 29.6 Å². The summed E-state index contributed by atoms with van der Waals surface area (Å²) >= 11 is 5.62. The standard InChI is InChI=1S/C10H15.C5H5.As5.2Fe/c1-6-7(2)9(4)10(5)8(6)3;2*1-2-4-5-3-1;;/h1-5H3;1-5H;;;. The Morgan fingerprint density at radius 1 is 0.409 bits per heavy atom. The molecule has 2 saturated carbocycles. The largest absolute Gasteiger partial charge is 0.0312 e. The summed E-state index contributed by atoms with van der Waals surface area (Å²) in [4.78, 5) is 0. The minimum atomic E-state index is 0. The van der Waals surface area contributed by atoms with Gasteiger partial charge in [0.15, 0.2) is 0 Å². The average Bonchev–Trinajstić information content (AvgIpc) is 3.22. The van der Waals surface area contributed by atoms with Crippen molar-refractivity contribution in [1.82, 2.24) is 0 Å². The molecule has 3 fully saturated rings. The molecule has 2 aliphatic carbocycles. The third-order valence-corrected chi connectivity index (χ3v) is 149. The molecule has 15 radical (unpaired) electrons. The minimum absolute atomic E-state index is 0. The second kappa shape index (κ2) is 17.0. The minimum Gasteiger partial charge on any atom is -0.0312 e. The summed E-state index contributed by atoms with van der Waals surface area (Å²) in [6, 6.07) is 0. The normalized spacial score (nSPS) is 29.3. The molecule has 0 bridgehead atoms. The molecule has 0 unspecified atom stereocenters. The third kappa shape index (κ3) is 10.9. The molecule has 0 amide bonds. The Morgan fingerprint density at radius 3 is 0.682 bits per heavy atom.